The van der Waals surface area contributed by atoms with Crippen LogP contribution in [0.25, 0.3) is 0 Å². The summed E-state index contributed by atoms with van der Waals surface area (Å²) in [7, 11) is 2.17. The van der Waals surface area contributed by atoms with Crippen LogP contribution >= 0.6 is 0 Å². The summed E-state index contributed by atoms with van der Waals surface area (Å²) in [5.41, 5.74) is 11.7. The lowest BCUT2D eigenvalue weighted by atomic mass is 9.94. The maximum absolute atomic E-state index is 6.41. The molecule has 2 nitrogen and oxygen atoms in total. The van der Waals surface area contributed by atoms with Gasteiger partial charge < -0.3 is 10.6 Å². The quantitative estimate of drug-likeness (QED) is 0.759. The first-order valence-corrected chi connectivity index (χ1v) is 7.47. The Morgan fingerprint density at radius 2 is 1.68 bits per heavy atom. The van der Waals surface area contributed by atoms with E-state index in [2.05, 4.69) is 51.8 Å². The largest absolute Gasteiger partial charge is 0.323 e. The number of likely N-dealkylation sites (N-methyl/N-ethyl adjacent to an activating group) is 1. The van der Waals surface area contributed by atoms with Gasteiger partial charge in [0.2, 0.25) is 0 Å². The van der Waals surface area contributed by atoms with Crippen LogP contribution in [0.2, 0.25) is 0 Å². The van der Waals surface area contributed by atoms with E-state index in [1.54, 1.807) is 0 Å². The predicted octanol–water partition coefficient (Wildman–Crippen LogP) is 3.73. The van der Waals surface area contributed by atoms with Crippen LogP contribution in [0.3, 0.4) is 0 Å². The van der Waals surface area contributed by atoms with E-state index >= 15 is 0 Å². The summed E-state index contributed by atoms with van der Waals surface area (Å²) >= 11 is 0. The third kappa shape index (κ3) is 4.96. The Hall–Kier alpha value is -0.860. The molecule has 0 heterocycles. The van der Waals surface area contributed by atoms with E-state index in [1.165, 1.54) is 41.5 Å². The van der Waals surface area contributed by atoms with E-state index in [9.17, 15) is 0 Å². The lowest BCUT2D eigenvalue weighted by Crippen LogP contribution is -2.30. The fourth-order valence-electron chi connectivity index (χ4n) is 2.93. The topological polar surface area (TPSA) is 29.3 Å². The molecule has 108 valence electrons. The van der Waals surface area contributed by atoms with Crippen LogP contribution < -0.4 is 5.73 Å². The van der Waals surface area contributed by atoms with Crippen LogP contribution in [0.5, 0.6) is 0 Å². The lowest BCUT2D eigenvalue weighted by Gasteiger charge is -2.24. The van der Waals surface area contributed by atoms with Crippen molar-refractivity contribution in [2.45, 2.75) is 53.0 Å². The minimum absolute atomic E-state index is 0.118. The highest BCUT2D eigenvalue weighted by Crippen LogP contribution is 2.22. The van der Waals surface area contributed by atoms with Gasteiger partial charge in [-0.3, -0.25) is 0 Å². The number of rotatable bonds is 7. The zero-order chi connectivity index (χ0) is 14.4. The van der Waals surface area contributed by atoms with Gasteiger partial charge in [0.1, 0.15) is 0 Å². The SMILES string of the molecule is CCCCCN(C)CC(N)c1c(C)cc(C)cc1C. The fourth-order valence-corrected chi connectivity index (χ4v) is 2.93. The molecule has 0 bridgehead atoms. The van der Waals surface area contributed by atoms with Gasteiger partial charge in [-0.05, 0) is 57.5 Å². The number of benzene rings is 1. The number of nitrogens with two attached hydrogens (primary N) is 1. The Kier molecular flexibility index (Phi) is 6.53. The number of aryl methyl sites for hydroxylation is 3. The summed E-state index contributed by atoms with van der Waals surface area (Å²) in [5, 5.41) is 0. The van der Waals surface area contributed by atoms with Crippen LogP contribution in [0.15, 0.2) is 12.1 Å². The summed E-state index contributed by atoms with van der Waals surface area (Å²) in [4.78, 5) is 2.36. The monoisotopic (exact) mass is 262 g/mol. The molecule has 0 aliphatic heterocycles. The van der Waals surface area contributed by atoms with Crippen molar-refractivity contribution in [1.29, 1.82) is 0 Å². The lowest BCUT2D eigenvalue weighted by molar-refractivity contribution is 0.304. The third-order valence-corrected chi connectivity index (χ3v) is 3.76. The molecule has 1 atom stereocenters. The summed E-state index contributed by atoms with van der Waals surface area (Å²) < 4.78 is 0. The number of unbranched alkanes of at least 4 members (excludes halogenated alkanes) is 2. The highest BCUT2D eigenvalue weighted by Gasteiger charge is 2.14. The number of nitrogens with zero attached hydrogens (tertiary/aromatic N) is 1. The second-order valence-electron chi connectivity index (χ2n) is 5.89. The van der Waals surface area contributed by atoms with E-state index in [4.69, 9.17) is 5.73 Å². The second-order valence-corrected chi connectivity index (χ2v) is 5.89. The first-order valence-electron chi connectivity index (χ1n) is 7.47. The van der Waals surface area contributed by atoms with Gasteiger partial charge in [0.25, 0.3) is 0 Å². The number of hydrogen-bond donors (Lipinski definition) is 1. The molecule has 0 saturated heterocycles. The Morgan fingerprint density at radius 3 is 2.21 bits per heavy atom. The maximum Gasteiger partial charge on any atom is 0.0429 e. The van der Waals surface area contributed by atoms with Crippen molar-refractivity contribution < 1.29 is 0 Å². The molecule has 0 amide bonds. The predicted molar refractivity (Wildman–Crippen MR) is 84.6 cm³/mol. The molecule has 19 heavy (non-hydrogen) atoms. The summed E-state index contributed by atoms with van der Waals surface area (Å²) in [6.45, 7) is 10.8. The Labute approximate surface area is 119 Å². The minimum Gasteiger partial charge on any atom is -0.323 e. The van der Waals surface area contributed by atoms with E-state index < -0.39 is 0 Å². The molecule has 1 aromatic carbocycles. The first kappa shape index (κ1) is 16.2. The Morgan fingerprint density at radius 1 is 1.11 bits per heavy atom. The van der Waals surface area contributed by atoms with Crippen LogP contribution in [0.4, 0.5) is 0 Å². The molecule has 0 aromatic heterocycles. The summed E-state index contributed by atoms with van der Waals surface area (Å²) in [5.74, 6) is 0. The molecule has 1 aromatic rings. The van der Waals surface area contributed by atoms with Gasteiger partial charge in [0, 0.05) is 12.6 Å². The van der Waals surface area contributed by atoms with Crippen molar-refractivity contribution >= 4 is 0 Å². The normalized spacial score (nSPS) is 13.0. The van der Waals surface area contributed by atoms with Crippen molar-refractivity contribution in [3.05, 3.63) is 34.4 Å². The van der Waals surface area contributed by atoms with E-state index in [1.807, 2.05) is 0 Å². The first-order chi connectivity index (χ1) is 8.95. The van der Waals surface area contributed by atoms with Crippen molar-refractivity contribution in [3.63, 3.8) is 0 Å². The van der Waals surface area contributed by atoms with E-state index in [-0.39, 0.29) is 6.04 Å². The maximum atomic E-state index is 6.41. The molecule has 1 unspecified atom stereocenters. The highest BCUT2D eigenvalue weighted by molar-refractivity contribution is 5.39. The van der Waals surface area contributed by atoms with Gasteiger partial charge in [0.05, 0.1) is 0 Å². The van der Waals surface area contributed by atoms with Gasteiger partial charge in [-0.2, -0.15) is 0 Å². The van der Waals surface area contributed by atoms with Gasteiger partial charge in [-0.25, -0.2) is 0 Å². The molecule has 0 aliphatic rings. The van der Waals surface area contributed by atoms with Gasteiger partial charge >= 0.3 is 0 Å². The third-order valence-electron chi connectivity index (χ3n) is 3.76. The van der Waals surface area contributed by atoms with Crippen molar-refractivity contribution in [2.75, 3.05) is 20.1 Å². The van der Waals surface area contributed by atoms with Crippen LogP contribution in [0, 0.1) is 20.8 Å². The number of hydrogen-bond acceptors (Lipinski definition) is 2. The van der Waals surface area contributed by atoms with Gasteiger partial charge in [0.15, 0.2) is 0 Å². The highest BCUT2D eigenvalue weighted by atomic mass is 15.1. The van der Waals surface area contributed by atoms with Crippen molar-refractivity contribution in [3.8, 4) is 0 Å². The molecule has 0 fully saturated rings. The molecule has 1 rings (SSSR count). The zero-order valence-electron chi connectivity index (χ0n) is 13.3. The van der Waals surface area contributed by atoms with Crippen molar-refractivity contribution in [1.82, 2.24) is 4.90 Å². The van der Waals surface area contributed by atoms with Gasteiger partial charge in [-0.15, -0.1) is 0 Å². The average Bonchev–Trinajstić information content (AvgIpc) is 2.27. The molecule has 2 N–H and O–H groups in total. The molecule has 0 spiro atoms. The minimum atomic E-state index is 0.118. The molecule has 0 aliphatic carbocycles. The molecule has 2 heteroatoms. The van der Waals surface area contributed by atoms with E-state index in [0.717, 1.165) is 13.1 Å². The molecule has 0 radical (unpaired) electrons. The Balaban J connectivity index is 2.65. The molecule has 0 saturated carbocycles. The Bertz CT molecular complexity index is 375. The zero-order valence-corrected chi connectivity index (χ0v) is 13.3. The summed E-state index contributed by atoms with van der Waals surface area (Å²) in [6.07, 6.45) is 3.85. The molecular formula is C17H30N2. The van der Waals surface area contributed by atoms with Crippen LogP contribution in [-0.2, 0) is 0 Å². The molecular weight excluding hydrogens is 232 g/mol. The fraction of sp³-hybridized carbons (Fsp3) is 0.647. The average molecular weight is 262 g/mol. The smallest absolute Gasteiger partial charge is 0.0429 e. The standard InChI is InChI=1S/C17H30N2/c1-6-7-8-9-19(5)12-16(18)17-14(3)10-13(2)11-15(17)4/h10-11,16H,6-9,12,18H2,1-5H3. The second kappa shape index (κ2) is 7.66. The van der Waals surface area contributed by atoms with Gasteiger partial charge in [-0.1, -0.05) is 37.5 Å². The van der Waals surface area contributed by atoms with Crippen LogP contribution in [0.1, 0.15) is 54.5 Å². The van der Waals surface area contributed by atoms with Crippen LogP contribution in [-0.4, -0.2) is 25.0 Å². The van der Waals surface area contributed by atoms with E-state index in [0.29, 0.717) is 0 Å². The van der Waals surface area contributed by atoms with Crippen molar-refractivity contribution in [2.24, 2.45) is 5.73 Å². The summed E-state index contributed by atoms with van der Waals surface area (Å²) in [6, 6.07) is 4.59.